The number of esters is 1. The molecular formula is C20H30N2O6. The van der Waals surface area contributed by atoms with E-state index in [0.717, 1.165) is 4.90 Å². The largest absolute Gasteiger partial charge is 0.497 e. The van der Waals surface area contributed by atoms with E-state index in [0.29, 0.717) is 11.3 Å². The fraction of sp³-hybridized carbons (Fsp3) is 0.550. The number of methoxy groups -OCH3 is 2. The molecule has 0 fully saturated rings. The van der Waals surface area contributed by atoms with E-state index in [4.69, 9.17) is 19.9 Å². The Bertz CT molecular complexity index is 672. The minimum absolute atomic E-state index is 0.212. The van der Waals surface area contributed by atoms with Crippen molar-refractivity contribution in [3.05, 3.63) is 29.8 Å². The van der Waals surface area contributed by atoms with Crippen LogP contribution in [0.5, 0.6) is 5.75 Å². The van der Waals surface area contributed by atoms with E-state index >= 15 is 0 Å². The SMILES string of the molecule is COC(=O)C[C@H](c1ccc(OC)cc1)N(C(=O)OC(C)C)C(=O)[C@@H](N)C(C)C. The van der Waals surface area contributed by atoms with Crippen LogP contribution in [0.1, 0.15) is 45.7 Å². The van der Waals surface area contributed by atoms with Crippen molar-refractivity contribution < 1.29 is 28.6 Å². The van der Waals surface area contributed by atoms with E-state index in [-0.39, 0.29) is 12.3 Å². The van der Waals surface area contributed by atoms with E-state index in [1.54, 1.807) is 52.0 Å². The minimum atomic E-state index is -0.932. The highest BCUT2D eigenvalue weighted by molar-refractivity contribution is 5.96. The summed E-state index contributed by atoms with van der Waals surface area (Å²) in [7, 11) is 2.77. The zero-order chi connectivity index (χ0) is 21.4. The molecule has 1 aromatic carbocycles. The van der Waals surface area contributed by atoms with Crippen LogP contribution in [0.15, 0.2) is 24.3 Å². The Morgan fingerprint density at radius 3 is 2.04 bits per heavy atom. The number of carbonyl (C=O) groups is 3. The van der Waals surface area contributed by atoms with Gasteiger partial charge in [-0.25, -0.2) is 9.69 Å². The van der Waals surface area contributed by atoms with Crippen LogP contribution in [0.2, 0.25) is 0 Å². The predicted octanol–water partition coefficient (Wildman–Crippen LogP) is 2.66. The number of nitrogens with zero attached hydrogens (tertiary/aromatic N) is 1. The van der Waals surface area contributed by atoms with Gasteiger partial charge < -0.3 is 19.9 Å². The molecule has 0 aliphatic heterocycles. The lowest BCUT2D eigenvalue weighted by Gasteiger charge is -2.32. The maximum absolute atomic E-state index is 13.0. The van der Waals surface area contributed by atoms with E-state index in [1.165, 1.54) is 14.2 Å². The van der Waals surface area contributed by atoms with Crippen LogP contribution >= 0.6 is 0 Å². The number of carbonyl (C=O) groups excluding carboxylic acids is 3. The van der Waals surface area contributed by atoms with Gasteiger partial charge in [-0.15, -0.1) is 0 Å². The molecule has 2 N–H and O–H groups in total. The summed E-state index contributed by atoms with van der Waals surface area (Å²) in [4.78, 5) is 38.8. The summed E-state index contributed by atoms with van der Waals surface area (Å²) in [6.07, 6.45) is -1.54. The molecule has 0 radical (unpaired) electrons. The molecule has 8 nitrogen and oxygen atoms in total. The number of nitrogens with two attached hydrogens (primary N) is 1. The standard InChI is InChI=1S/C20H30N2O6/c1-12(2)18(21)19(24)22(20(25)28-13(3)4)16(11-17(23)27-6)14-7-9-15(26-5)10-8-14/h7-10,12-13,16,18H,11,21H2,1-6H3/t16-,18+/m1/s1. The molecule has 1 aromatic rings. The van der Waals surface area contributed by atoms with Crippen LogP contribution in [0.25, 0.3) is 0 Å². The second-order valence-corrected chi connectivity index (χ2v) is 6.98. The van der Waals surface area contributed by atoms with Gasteiger partial charge in [0, 0.05) is 0 Å². The third-order valence-electron chi connectivity index (χ3n) is 4.17. The average Bonchev–Trinajstić information content (AvgIpc) is 2.65. The molecule has 156 valence electrons. The number of hydrogen-bond donors (Lipinski definition) is 1. The van der Waals surface area contributed by atoms with Crippen molar-refractivity contribution in [3.63, 3.8) is 0 Å². The van der Waals surface area contributed by atoms with Crippen LogP contribution in [0.3, 0.4) is 0 Å². The summed E-state index contributed by atoms with van der Waals surface area (Å²) in [6, 6.07) is 4.85. The first-order chi connectivity index (χ1) is 13.1. The zero-order valence-electron chi connectivity index (χ0n) is 17.3. The Hall–Kier alpha value is -2.61. The monoisotopic (exact) mass is 394 g/mol. The van der Waals surface area contributed by atoms with E-state index in [9.17, 15) is 14.4 Å². The van der Waals surface area contributed by atoms with Crippen molar-refractivity contribution in [2.24, 2.45) is 11.7 Å². The highest BCUT2D eigenvalue weighted by atomic mass is 16.6. The first-order valence-corrected chi connectivity index (χ1v) is 9.12. The molecule has 0 heterocycles. The Morgan fingerprint density at radius 1 is 1.04 bits per heavy atom. The van der Waals surface area contributed by atoms with E-state index in [1.807, 2.05) is 0 Å². The van der Waals surface area contributed by atoms with Gasteiger partial charge in [-0.3, -0.25) is 9.59 Å². The molecule has 2 amide bonds. The Labute approximate surface area is 165 Å². The third-order valence-corrected chi connectivity index (χ3v) is 4.17. The van der Waals surface area contributed by atoms with Crippen molar-refractivity contribution in [1.29, 1.82) is 0 Å². The van der Waals surface area contributed by atoms with Gasteiger partial charge in [0.2, 0.25) is 5.91 Å². The molecule has 1 rings (SSSR count). The summed E-state index contributed by atoms with van der Waals surface area (Å²) in [5.41, 5.74) is 6.57. The second kappa shape index (κ2) is 10.7. The summed E-state index contributed by atoms with van der Waals surface area (Å²) >= 11 is 0. The zero-order valence-corrected chi connectivity index (χ0v) is 17.3. The predicted molar refractivity (Wildman–Crippen MR) is 104 cm³/mol. The summed E-state index contributed by atoms with van der Waals surface area (Å²) in [6.45, 7) is 6.89. The molecule has 28 heavy (non-hydrogen) atoms. The van der Waals surface area contributed by atoms with E-state index in [2.05, 4.69) is 0 Å². The van der Waals surface area contributed by atoms with E-state index < -0.39 is 36.2 Å². The topological polar surface area (TPSA) is 108 Å². The first-order valence-electron chi connectivity index (χ1n) is 9.12. The molecule has 0 unspecified atom stereocenters. The van der Waals surface area contributed by atoms with Gasteiger partial charge in [-0.2, -0.15) is 0 Å². The van der Waals surface area contributed by atoms with Crippen molar-refractivity contribution in [1.82, 2.24) is 4.90 Å². The van der Waals surface area contributed by atoms with Gasteiger partial charge in [0.15, 0.2) is 0 Å². The van der Waals surface area contributed by atoms with Crippen LogP contribution in [-0.2, 0) is 19.1 Å². The fourth-order valence-corrected chi connectivity index (χ4v) is 2.50. The normalized spacial score (nSPS) is 13.0. The summed E-state index contributed by atoms with van der Waals surface area (Å²) in [5, 5.41) is 0. The first kappa shape index (κ1) is 23.4. The number of benzene rings is 1. The highest BCUT2D eigenvalue weighted by Crippen LogP contribution is 2.29. The van der Waals surface area contributed by atoms with Crippen molar-refractivity contribution in [3.8, 4) is 5.75 Å². The number of ether oxygens (including phenoxy) is 3. The summed E-state index contributed by atoms with van der Waals surface area (Å²) in [5.74, 6) is -0.807. The van der Waals surface area contributed by atoms with Gasteiger partial charge in [0.05, 0.1) is 38.8 Å². The molecule has 0 bridgehead atoms. The summed E-state index contributed by atoms with van der Waals surface area (Å²) < 4.78 is 15.2. The smallest absolute Gasteiger partial charge is 0.417 e. The number of imide groups is 1. The lowest BCUT2D eigenvalue weighted by Crippen LogP contribution is -2.51. The highest BCUT2D eigenvalue weighted by Gasteiger charge is 2.37. The maximum Gasteiger partial charge on any atom is 0.417 e. The molecule has 2 atom stereocenters. The molecule has 0 saturated carbocycles. The van der Waals surface area contributed by atoms with Crippen LogP contribution in [-0.4, -0.2) is 49.2 Å². The van der Waals surface area contributed by atoms with Crippen molar-refractivity contribution in [2.75, 3.05) is 14.2 Å². The van der Waals surface area contributed by atoms with Gasteiger partial charge in [-0.1, -0.05) is 26.0 Å². The average molecular weight is 394 g/mol. The van der Waals surface area contributed by atoms with Gasteiger partial charge in [-0.05, 0) is 37.5 Å². The van der Waals surface area contributed by atoms with Gasteiger partial charge in [0.1, 0.15) is 5.75 Å². The minimum Gasteiger partial charge on any atom is -0.497 e. The molecule has 0 spiro atoms. The molecule has 0 aliphatic carbocycles. The molecule has 0 aliphatic rings. The molecule has 0 aromatic heterocycles. The van der Waals surface area contributed by atoms with Crippen LogP contribution < -0.4 is 10.5 Å². The maximum atomic E-state index is 13.0. The Morgan fingerprint density at radius 2 is 1.61 bits per heavy atom. The fourth-order valence-electron chi connectivity index (χ4n) is 2.50. The molecule has 0 saturated heterocycles. The molecular weight excluding hydrogens is 364 g/mol. The Kier molecular flexibility index (Phi) is 8.91. The van der Waals surface area contributed by atoms with Crippen molar-refractivity contribution >= 4 is 18.0 Å². The van der Waals surface area contributed by atoms with Gasteiger partial charge >= 0.3 is 12.1 Å². The van der Waals surface area contributed by atoms with Gasteiger partial charge in [0.25, 0.3) is 0 Å². The quantitative estimate of drug-likeness (QED) is 0.675. The number of rotatable bonds is 8. The Balaban J connectivity index is 3.43. The molecule has 8 heteroatoms. The third kappa shape index (κ3) is 6.23. The van der Waals surface area contributed by atoms with Crippen LogP contribution in [0, 0.1) is 5.92 Å². The number of amides is 2. The number of hydrogen-bond acceptors (Lipinski definition) is 7. The lowest BCUT2D eigenvalue weighted by atomic mass is 9.98. The lowest BCUT2D eigenvalue weighted by molar-refractivity contribution is -0.143. The van der Waals surface area contributed by atoms with Crippen molar-refractivity contribution in [2.45, 2.75) is 52.3 Å². The second-order valence-electron chi connectivity index (χ2n) is 6.98. The van der Waals surface area contributed by atoms with Crippen LogP contribution in [0.4, 0.5) is 4.79 Å².